The Morgan fingerprint density at radius 1 is 1.15 bits per heavy atom. The van der Waals surface area contributed by atoms with Crippen LogP contribution >= 0.6 is 0 Å². The summed E-state index contributed by atoms with van der Waals surface area (Å²) in [6, 6.07) is 0. The maximum absolute atomic E-state index is 12.5. The minimum Gasteiger partial charge on any atom is -0.379 e. The molecule has 1 atom stereocenters. The van der Waals surface area contributed by atoms with Gasteiger partial charge in [-0.2, -0.15) is 0 Å². The molecule has 0 radical (unpaired) electrons. The van der Waals surface area contributed by atoms with E-state index in [4.69, 9.17) is 4.74 Å². The van der Waals surface area contributed by atoms with Crippen LogP contribution in [0.1, 0.15) is 46.0 Å². The Balaban J connectivity index is 1.35. The zero-order valence-electron chi connectivity index (χ0n) is 17.1. The minimum absolute atomic E-state index is 0.0724. The van der Waals surface area contributed by atoms with Crippen molar-refractivity contribution < 1.29 is 14.3 Å². The van der Waals surface area contributed by atoms with Crippen molar-refractivity contribution in [1.29, 1.82) is 0 Å². The summed E-state index contributed by atoms with van der Waals surface area (Å²) in [7, 11) is 0. The van der Waals surface area contributed by atoms with Crippen LogP contribution in [0.4, 0.5) is 0 Å². The number of rotatable bonds is 7. The van der Waals surface area contributed by atoms with Gasteiger partial charge in [-0.15, -0.1) is 0 Å². The van der Waals surface area contributed by atoms with Crippen LogP contribution in [0.2, 0.25) is 0 Å². The van der Waals surface area contributed by atoms with Gasteiger partial charge < -0.3 is 15.0 Å². The maximum Gasteiger partial charge on any atom is 0.225 e. The van der Waals surface area contributed by atoms with Gasteiger partial charge in [0.15, 0.2) is 0 Å². The van der Waals surface area contributed by atoms with Crippen LogP contribution in [0.3, 0.4) is 0 Å². The van der Waals surface area contributed by atoms with Crippen LogP contribution in [0.15, 0.2) is 0 Å². The van der Waals surface area contributed by atoms with E-state index in [2.05, 4.69) is 24.1 Å². The van der Waals surface area contributed by atoms with Crippen molar-refractivity contribution in [1.82, 2.24) is 15.1 Å². The Morgan fingerprint density at radius 3 is 2.52 bits per heavy atom. The lowest BCUT2D eigenvalue weighted by Gasteiger charge is -2.31. The van der Waals surface area contributed by atoms with Gasteiger partial charge in [0.1, 0.15) is 0 Å². The molecule has 1 N–H and O–H groups in total. The molecule has 2 saturated heterocycles. The van der Waals surface area contributed by atoms with Crippen LogP contribution in [0, 0.1) is 23.7 Å². The number of likely N-dealkylation sites (tertiary alicyclic amines) is 1. The summed E-state index contributed by atoms with van der Waals surface area (Å²) >= 11 is 0. The van der Waals surface area contributed by atoms with Gasteiger partial charge in [0.25, 0.3) is 0 Å². The number of hydrogen-bond donors (Lipinski definition) is 1. The summed E-state index contributed by atoms with van der Waals surface area (Å²) in [6.45, 7) is 11.0. The first-order valence-electron chi connectivity index (χ1n) is 10.9. The molecule has 0 bridgehead atoms. The monoisotopic (exact) mass is 379 g/mol. The summed E-state index contributed by atoms with van der Waals surface area (Å²) in [6.07, 6.45) is 5.39. The zero-order chi connectivity index (χ0) is 19.2. The van der Waals surface area contributed by atoms with Gasteiger partial charge in [-0.3, -0.25) is 14.5 Å². The Hall–Kier alpha value is -1.14. The van der Waals surface area contributed by atoms with Gasteiger partial charge >= 0.3 is 0 Å². The highest BCUT2D eigenvalue weighted by Gasteiger charge is 2.34. The fraction of sp³-hybridized carbons (Fsp3) is 0.905. The molecule has 1 aliphatic carbocycles. The highest BCUT2D eigenvalue weighted by molar-refractivity contribution is 5.89. The number of nitrogens with zero attached hydrogens (tertiary/aromatic N) is 2. The van der Waals surface area contributed by atoms with Crippen molar-refractivity contribution in [3.63, 3.8) is 0 Å². The number of ether oxygens (including phenoxy) is 1. The van der Waals surface area contributed by atoms with E-state index in [0.717, 1.165) is 57.8 Å². The lowest BCUT2D eigenvalue weighted by Crippen LogP contribution is -2.42. The first kappa shape index (κ1) is 20.6. The highest BCUT2D eigenvalue weighted by atomic mass is 16.5. The third-order valence-electron chi connectivity index (χ3n) is 6.77. The van der Waals surface area contributed by atoms with E-state index in [0.29, 0.717) is 18.9 Å². The van der Waals surface area contributed by atoms with Crippen molar-refractivity contribution in [2.45, 2.75) is 46.0 Å². The fourth-order valence-electron chi connectivity index (χ4n) is 4.70. The second kappa shape index (κ2) is 9.87. The standard InChI is InChI=1S/C21H37N3O3/c1-16(2)18-5-3-17(4-6-18)14-22-21(26)19-13-20(25)24(15-19)8-7-23-9-11-27-12-10-23/h16-19H,3-15H2,1-2H3,(H,22,26). The molecule has 0 aromatic rings. The Kier molecular flexibility index (Phi) is 7.53. The molecule has 27 heavy (non-hydrogen) atoms. The van der Waals surface area contributed by atoms with Crippen molar-refractivity contribution in [3.05, 3.63) is 0 Å². The molecular formula is C21H37N3O3. The number of carbonyl (C=O) groups excluding carboxylic acids is 2. The molecule has 3 fully saturated rings. The largest absolute Gasteiger partial charge is 0.379 e. The Morgan fingerprint density at radius 2 is 1.85 bits per heavy atom. The van der Waals surface area contributed by atoms with Crippen LogP contribution in [0.5, 0.6) is 0 Å². The zero-order valence-corrected chi connectivity index (χ0v) is 17.1. The summed E-state index contributed by atoms with van der Waals surface area (Å²) in [5.74, 6) is 2.26. The average Bonchev–Trinajstić information content (AvgIpc) is 3.06. The number of carbonyl (C=O) groups is 2. The van der Waals surface area contributed by atoms with Gasteiger partial charge in [-0.05, 0) is 43.4 Å². The third kappa shape index (κ3) is 5.92. The summed E-state index contributed by atoms with van der Waals surface area (Å²) in [5.41, 5.74) is 0. The number of hydrogen-bond acceptors (Lipinski definition) is 4. The minimum atomic E-state index is -0.172. The first-order valence-corrected chi connectivity index (χ1v) is 10.9. The van der Waals surface area contributed by atoms with E-state index in [1.54, 1.807) is 0 Å². The number of nitrogens with one attached hydrogen (secondary N) is 1. The van der Waals surface area contributed by atoms with Gasteiger partial charge in [0.05, 0.1) is 19.1 Å². The highest BCUT2D eigenvalue weighted by Crippen LogP contribution is 2.33. The van der Waals surface area contributed by atoms with E-state index in [-0.39, 0.29) is 17.7 Å². The van der Waals surface area contributed by atoms with E-state index < -0.39 is 0 Å². The summed E-state index contributed by atoms with van der Waals surface area (Å²) in [5, 5.41) is 3.14. The number of amides is 2. The molecular weight excluding hydrogens is 342 g/mol. The lowest BCUT2D eigenvalue weighted by atomic mass is 9.77. The fourth-order valence-corrected chi connectivity index (χ4v) is 4.70. The Bertz CT molecular complexity index is 497. The normalized spacial score (nSPS) is 30.1. The molecule has 0 aromatic heterocycles. The quantitative estimate of drug-likeness (QED) is 0.732. The molecule has 3 rings (SSSR count). The molecule has 154 valence electrons. The van der Waals surface area contributed by atoms with Crippen LogP contribution < -0.4 is 5.32 Å². The molecule has 0 aromatic carbocycles. The van der Waals surface area contributed by atoms with E-state index in [9.17, 15) is 9.59 Å². The molecule has 0 spiro atoms. The molecule has 1 unspecified atom stereocenters. The van der Waals surface area contributed by atoms with Crippen LogP contribution in [0.25, 0.3) is 0 Å². The molecule has 6 nitrogen and oxygen atoms in total. The van der Waals surface area contributed by atoms with Crippen molar-refractivity contribution in [3.8, 4) is 0 Å². The lowest BCUT2D eigenvalue weighted by molar-refractivity contribution is -0.129. The molecule has 2 heterocycles. The van der Waals surface area contributed by atoms with Gasteiger partial charge in [-0.1, -0.05) is 13.8 Å². The van der Waals surface area contributed by atoms with Crippen molar-refractivity contribution in [2.24, 2.45) is 23.7 Å². The van der Waals surface area contributed by atoms with Crippen molar-refractivity contribution >= 4 is 11.8 Å². The molecule has 3 aliphatic rings. The second-order valence-electron chi connectivity index (χ2n) is 8.96. The summed E-state index contributed by atoms with van der Waals surface area (Å²) in [4.78, 5) is 29.0. The van der Waals surface area contributed by atoms with Gasteiger partial charge in [0.2, 0.25) is 11.8 Å². The van der Waals surface area contributed by atoms with Crippen LogP contribution in [-0.4, -0.2) is 74.1 Å². The van der Waals surface area contributed by atoms with E-state index in [1.165, 1.54) is 25.7 Å². The number of morpholine rings is 1. The molecule has 2 aliphatic heterocycles. The molecule has 2 amide bonds. The van der Waals surface area contributed by atoms with Gasteiger partial charge in [-0.25, -0.2) is 0 Å². The van der Waals surface area contributed by atoms with Crippen LogP contribution in [-0.2, 0) is 14.3 Å². The Labute approximate surface area is 164 Å². The molecule has 6 heteroatoms. The average molecular weight is 380 g/mol. The third-order valence-corrected chi connectivity index (χ3v) is 6.77. The van der Waals surface area contributed by atoms with Gasteiger partial charge in [0, 0.05) is 45.7 Å². The topological polar surface area (TPSA) is 61.9 Å². The second-order valence-corrected chi connectivity index (χ2v) is 8.96. The first-order chi connectivity index (χ1) is 13.0. The molecule has 1 saturated carbocycles. The summed E-state index contributed by atoms with van der Waals surface area (Å²) < 4.78 is 5.36. The smallest absolute Gasteiger partial charge is 0.225 e. The predicted molar refractivity (Wildman–Crippen MR) is 105 cm³/mol. The maximum atomic E-state index is 12.5. The SMILES string of the molecule is CC(C)C1CCC(CNC(=O)C2CC(=O)N(CCN3CCOCC3)C2)CC1. The van der Waals surface area contributed by atoms with Crippen molar-refractivity contribution in [2.75, 3.05) is 52.5 Å². The predicted octanol–water partition coefficient (Wildman–Crippen LogP) is 1.75. The van der Waals surface area contributed by atoms with E-state index in [1.807, 2.05) is 4.90 Å². The van der Waals surface area contributed by atoms with E-state index >= 15 is 0 Å².